The molecule has 2 fully saturated rings. The van der Waals surface area contributed by atoms with Gasteiger partial charge in [0.2, 0.25) is 5.91 Å². The second kappa shape index (κ2) is 11.4. The number of ether oxygens (including phenoxy) is 1. The zero-order valence-electron chi connectivity index (χ0n) is 17.4. The first kappa shape index (κ1) is 21.9. The molecule has 0 aromatic heterocycles. The van der Waals surface area contributed by atoms with Gasteiger partial charge in [-0.3, -0.25) is 9.79 Å². The van der Waals surface area contributed by atoms with Crippen LogP contribution < -0.4 is 5.32 Å². The van der Waals surface area contributed by atoms with Gasteiger partial charge < -0.3 is 19.9 Å². The average molecular weight is 421 g/mol. The molecule has 0 bridgehead atoms. The summed E-state index contributed by atoms with van der Waals surface area (Å²) in [5.41, 5.74) is 1.18. The molecular weight excluding hydrogens is 388 g/mol. The zero-order chi connectivity index (χ0) is 20.5. The van der Waals surface area contributed by atoms with Gasteiger partial charge in [0.1, 0.15) is 0 Å². The minimum atomic E-state index is 0.132. The van der Waals surface area contributed by atoms with Crippen molar-refractivity contribution in [1.29, 1.82) is 0 Å². The van der Waals surface area contributed by atoms with Crippen LogP contribution >= 0.6 is 11.6 Å². The Kier molecular flexibility index (Phi) is 8.62. The summed E-state index contributed by atoms with van der Waals surface area (Å²) >= 11 is 6.24. The highest BCUT2D eigenvalue weighted by Gasteiger charge is 2.30. The van der Waals surface area contributed by atoms with Crippen LogP contribution in [0.25, 0.3) is 0 Å². The van der Waals surface area contributed by atoms with E-state index in [2.05, 4.69) is 23.2 Å². The van der Waals surface area contributed by atoms with Crippen molar-refractivity contribution in [3.05, 3.63) is 34.9 Å². The van der Waals surface area contributed by atoms with Crippen LogP contribution in [0.5, 0.6) is 0 Å². The Bertz CT molecular complexity index is 683. The second-order valence-corrected chi connectivity index (χ2v) is 8.04. The Morgan fingerprint density at radius 1 is 1.17 bits per heavy atom. The van der Waals surface area contributed by atoms with E-state index < -0.39 is 0 Å². The first-order valence-electron chi connectivity index (χ1n) is 10.8. The summed E-state index contributed by atoms with van der Waals surface area (Å²) in [6.45, 7) is 8.23. The van der Waals surface area contributed by atoms with Crippen LogP contribution in [0.2, 0.25) is 5.02 Å². The number of carbonyl (C=O) groups excluding carboxylic acids is 1. The van der Waals surface area contributed by atoms with E-state index in [4.69, 9.17) is 21.3 Å². The quantitative estimate of drug-likeness (QED) is 0.437. The molecule has 29 heavy (non-hydrogen) atoms. The third-order valence-corrected chi connectivity index (χ3v) is 5.99. The molecule has 7 heteroatoms. The van der Waals surface area contributed by atoms with Gasteiger partial charge in [-0.15, -0.1) is 0 Å². The molecule has 0 radical (unpaired) electrons. The molecule has 1 aromatic rings. The summed E-state index contributed by atoms with van der Waals surface area (Å²) in [6, 6.07) is 8.00. The molecule has 0 aliphatic carbocycles. The highest BCUT2D eigenvalue weighted by molar-refractivity contribution is 6.31. The largest absolute Gasteiger partial charge is 0.378 e. The molecule has 1 amide bonds. The molecular formula is C22H33ClN4O2. The van der Waals surface area contributed by atoms with E-state index in [1.807, 2.05) is 23.1 Å². The van der Waals surface area contributed by atoms with Crippen LogP contribution in [0.4, 0.5) is 0 Å². The van der Waals surface area contributed by atoms with E-state index in [-0.39, 0.29) is 5.92 Å². The number of nitrogens with one attached hydrogen (secondary N) is 1. The smallest absolute Gasteiger partial charge is 0.225 e. The number of likely N-dealkylation sites (tertiary alicyclic amines) is 1. The monoisotopic (exact) mass is 420 g/mol. The molecule has 1 aromatic carbocycles. The van der Waals surface area contributed by atoms with Gasteiger partial charge in [-0.2, -0.15) is 0 Å². The van der Waals surface area contributed by atoms with Gasteiger partial charge in [-0.05, 0) is 44.2 Å². The van der Waals surface area contributed by atoms with Crippen molar-refractivity contribution in [1.82, 2.24) is 15.1 Å². The summed E-state index contributed by atoms with van der Waals surface area (Å²) in [6.07, 6.45) is 3.67. The molecule has 2 heterocycles. The predicted molar refractivity (Wildman–Crippen MR) is 117 cm³/mol. The van der Waals surface area contributed by atoms with E-state index >= 15 is 0 Å². The number of aliphatic imine (C=N–C) groups is 1. The fraction of sp³-hybridized carbons (Fsp3) is 0.636. The number of piperidine rings is 1. The van der Waals surface area contributed by atoms with Gasteiger partial charge in [-0.1, -0.05) is 29.8 Å². The number of amides is 1. The highest BCUT2D eigenvalue weighted by atomic mass is 35.5. The number of aryl methyl sites for hydroxylation is 1. The van der Waals surface area contributed by atoms with E-state index in [1.165, 1.54) is 5.56 Å². The maximum Gasteiger partial charge on any atom is 0.225 e. The maximum absolute atomic E-state index is 12.7. The fourth-order valence-corrected chi connectivity index (χ4v) is 4.19. The minimum absolute atomic E-state index is 0.132. The van der Waals surface area contributed by atoms with Crippen molar-refractivity contribution in [2.24, 2.45) is 10.9 Å². The SMILES string of the molecule is CCNC(=NCCCc1ccccc1Cl)N1CCC(C(=O)N2CCOCC2)CC1. The third kappa shape index (κ3) is 6.34. The number of hydrogen-bond donors (Lipinski definition) is 1. The molecule has 1 N–H and O–H groups in total. The molecule has 0 spiro atoms. The number of benzene rings is 1. The summed E-state index contributed by atoms with van der Waals surface area (Å²) in [4.78, 5) is 21.8. The maximum atomic E-state index is 12.7. The van der Waals surface area contributed by atoms with Gasteiger partial charge >= 0.3 is 0 Å². The Labute approximate surface area is 179 Å². The van der Waals surface area contributed by atoms with Crippen LogP contribution in [0.15, 0.2) is 29.3 Å². The van der Waals surface area contributed by atoms with Gasteiger partial charge in [0.15, 0.2) is 5.96 Å². The van der Waals surface area contributed by atoms with Crippen LogP contribution in [0.1, 0.15) is 31.7 Å². The number of hydrogen-bond acceptors (Lipinski definition) is 3. The van der Waals surface area contributed by atoms with Crippen LogP contribution in [0.3, 0.4) is 0 Å². The molecule has 3 rings (SSSR count). The van der Waals surface area contributed by atoms with E-state index in [0.717, 1.165) is 75.9 Å². The van der Waals surface area contributed by atoms with Crippen molar-refractivity contribution in [3.8, 4) is 0 Å². The first-order chi connectivity index (χ1) is 14.2. The Hall–Kier alpha value is -1.79. The molecule has 2 aliphatic rings. The normalized spacial score (nSPS) is 18.8. The van der Waals surface area contributed by atoms with E-state index in [0.29, 0.717) is 19.1 Å². The van der Waals surface area contributed by atoms with Crippen LogP contribution in [0, 0.1) is 5.92 Å². The number of carbonyl (C=O) groups is 1. The van der Waals surface area contributed by atoms with Crippen molar-refractivity contribution < 1.29 is 9.53 Å². The Balaban J connectivity index is 1.47. The lowest BCUT2D eigenvalue weighted by Crippen LogP contribution is -2.50. The fourth-order valence-electron chi connectivity index (χ4n) is 3.96. The topological polar surface area (TPSA) is 57.2 Å². The summed E-state index contributed by atoms with van der Waals surface area (Å²) in [5.74, 6) is 1.39. The van der Waals surface area contributed by atoms with Gasteiger partial charge in [-0.25, -0.2) is 0 Å². The molecule has 0 atom stereocenters. The van der Waals surface area contributed by atoms with Crippen molar-refractivity contribution in [2.75, 3.05) is 52.5 Å². The van der Waals surface area contributed by atoms with Crippen LogP contribution in [-0.4, -0.2) is 74.1 Å². The Morgan fingerprint density at radius 3 is 2.59 bits per heavy atom. The zero-order valence-corrected chi connectivity index (χ0v) is 18.2. The van der Waals surface area contributed by atoms with E-state index in [1.54, 1.807) is 0 Å². The molecule has 160 valence electrons. The van der Waals surface area contributed by atoms with Crippen molar-refractivity contribution in [3.63, 3.8) is 0 Å². The lowest BCUT2D eigenvalue weighted by atomic mass is 9.95. The average Bonchev–Trinajstić information content (AvgIpc) is 2.77. The molecule has 0 unspecified atom stereocenters. The molecule has 2 saturated heterocycles. The highest BCUT2D eigenvalue weighted by Crippen LogP contribution is 2.21. The standard InChI is InChI=1S/C22H33ClN4O2/c1-2-24-22(25-11-5-7-18-6-3-4-8-20(18)23)27-12-9-19(10-13-27)21(28)26-14-16-29-17-15-26/h3-4,6,8,19H,2,5,7,9-17H2,1H3,(H,24,25). The number of halogens is 1. The second-order valence-electron chi connectivity index (χ2n) is 7.63. The van der Waals surface area contributed by atoms with Crippen molar-refractivity contribution in [2.45, 2.75) is 32.6 Å². The van der Waals surface area contributed by atoms with Gasteiger partial charge in [0.05, 0.1) is 13.2 Å². The van der Waals surface area contributed by atoms with Gasteiger partial charge in [0.25, 0.3) is 0 Å². The van der Waals surface area contributed by atoms with E-state index in [9.17, 15) is 4.79 Å². The van der Waals surface area contributed by atoms with Gasteiger partial charge in [0, 0.05) is 50.2 Å². The number of rotatable bonds is 6. The first-order valence-corrected chi connectivity index (χ1v) is 11.2. The number of guanidine groups is 1. The lowest BCUT2D eigenvalue weighted by molar-refractivity contribution is -0.140. The third-order valence-electron chi connectivity index (χ3n) is 5.63. The predicted octanol–water partition coefficient (Wildman–Crippen LogP) is 2.81. The molecule has 6 nitrogen and oxygen atoms in total. The molecule has 0 saturated carbocycles. The summed E-state index contributed by atoms with van der Waals surface area (Å²) in [7, 11) is 0. The van der Waals surface area contributed by atoms with Crippen LogP contribution in [-0.2, 0) is 16.0 Å². The molecule has 2 aliphatic heterocycles. The summed E-state index contributed by atoms with van der Waals surface area (Å²) < 4.78 is 5.36. The summed E-state index contributed by atoms with van der Waals surface area (Å²) in [5, 5.41) is 4.24. The number of nitrogens with zero attached hydrogens (tertiary/aromatic N) is 3. The Morgan fingerprint density at radius 2 is 1.90 bits per heavy atom. The lowest BCUT2D eigenvalue weighted by Gasteiger charge is -2.36. The minimum Gasteiger partial charge on any atom is -0.378 e. The van der Waals surface area contributed by atoms with Crippen molar-refractivity contribution >= 4 is 23.5 Å². The number of morpholine rings is 1.